The van der Waals surface area contributed by atoms with Gasteiger partial charge in [-0.25, -0.2) is 17.2 Å². The minimum Gasteiger partial charge on any atom is -0.459 e. The molecule has 2 aliphatic heterocycles. The second kappa shape index (κ2) is 6.62. The van der Waals surface area contributed by atoms with Crippen LogP contribution in [0.4, 0.5) is 8.78 Å². The van der Waals surface area contributed by atoms with E-state index in [-0.39, 0.29) is 16.4 Å². The molecule has 0 bridgehead atoms. The van der Waals surface area contributed by atoms with Crippen LogP contribution >= 0.6 is 0 Å². The van der Waals surface area contributed by atoms with Crippen LogP contribution in [0.1, 0.15) is 17.7 Å². The molecule has 152 valence electrons. The van der Waals surface area contributed by atoms with Crippen LogP contribution in [0.2, 0.25) is 0 Å². The molecule has 0 radical (unpaired) electrons. The Morgan fingerprint density at radius 1 is 1.14 bits per heavy atom. The van der Waals surface area contributed by atoms with Crippen LogP contribution in [0.3, 0.4) is 0 Å². The monoisotopic (exact) mass is 419 g/mol. The van der Waals surface area contributed by atoms with Crippen LogP contribution in [0, 0.1) is 5.82 Å². The van der Waals surface area contributed by atoms with Crippen LogP contribution in [0.5, 0.6) is 0 Å². The number of fused-ring (bicyclic) bond motifs is 4. The molecule has 5 rings (SSSR count). The zero-order chi connectivity index (χ0) is 20.2. The van der Waals surface area contributed by atoms with E-state index in [1.54, 1.807) is 6.07 Å². The first-order valence-corrected chi connectivity index (χ1v) is 10.9. The van der Waals surface area contributed by atoms with Crippen molar-refractivity contribution in [3.63, 3.8) is 0 Å². The van der Waals surface area contributed by atoms with Gasteiger partial charge in [0.25, 0.3) is 0 Å². The fourth-order valence-electron chi connectivity index (χ4n) is 4.34. The number of hydrogen-bond donors (Lipinski definition) is 1. The van der Waals surface area contributed by atoms with Crippen LogP contribution < -0.4 is 5.32 Å². The summed E-state index contributed by atoms with van der Waals surface area (Å²) in [4.78, 5) is -0.118. The van der Waals surface area contributed by atoms with E-state index in [9.17, 15) is 17.2 Å². The lowest BCUT2D eigenvalue weighted by atomic mass is 9.80. The van der Waals surface area contributed by atoms with E-state index in [2.05, 4.69) is 5.32 Å². The maximum atomic E-state index is 14.9. The highest BCUT2D eigenvalue weighted by atomic mass is 32.2. The third-order valence-electron chi connectivity index (χ3n) is 5.84. The van der Waals surface area contributed by atoms with E-state index in [4.69, 9.17) is 9.15 Å². The number of benzene rings is 2. The third-order valence-corrected chi connectivity index (χ3v) is 7.59. The standard InChI is InChI=1S/C21H19F2NO4S/c22-13-2-1-3-14(10-13)29(25,26)15-4-5-16-17-6-8-24-21(7-9-27-12-19(21)23)20(17)28-18(16)11-15/h1-5,10-11,19,24H,6-9,12H2. The summed E-state index contributed by atoms with van der Waals surface area (Å²) in [6.07, 6.45) is -0.158. The molecule has 0 saturated carbocycles. The highest BCUT2D eigenvalue weighted by Gasteiger charge is 2.49. The molecular weight excluding hydrogens is 400 g/mol. The average Bonchev–Trinajstić information content (AvgIpc) is 3.10. The SMILES string of the molecule is O=S(=O)(c1cccc(F)c1)c1ccc2c3c(oc2c1)C1(CCOCC1F)NCC3. The molecule has 29 heavy (non-hydrogen) atoms. The normalized spacial score (nSPS) is 24.7. The van der Waals surface area contributed by atoms with E-state index in [1.165, 1.54) is 30.3 Å². The van der Waals surface area contributed by atoms with Crippen molar-refractivity contribution in [2.24, 2.45) is 0 Å². The highest BCUT2D eigenvalue weighted by Crippen LogP contribution is 2.43. The van der Waals surface area contributed by atoms with Gasteiger partial charge in [-0.3, -0.25) is 0 Å². The molecular formula is C21H19F2NO4S. The second-order valence-corrected chi connectivity index (χ2v) is 9.42. The topological polar surface area (TPSA) is 68.5 Å². The van der Waals surface area contributed by atoms with Gasteiger partial charge in [-0.15, -0.1) is 0 Å². The second-order valence-electron chi connectivity index (χ2n) is 7.47. The van der Waals surface area contributed by atoms with Gasteiger partial charge in [0.05, 0.1) is 16.4 Å². The Morgan fingerprint density at radius 3 is 2.76 bits per heavy atom. The zero-order valence-electron chi connectivity index (χ0n) is 15.5. The maximum Gasteiger partial charge on any atom is 0.206 e. The van der Waals surface area contributed by atoms with Gasteiger partial charge in [0.15, 0.2) is 0 Å². The number of alkyl halides is 1. The summed E-state index contributed by atoms with van der Waals surface area (Å²) >= 11 is 0. The Hall–Kier alpha value is -2.29. The van der Waals surface area contributed by atoms with Crippen molar-refractivity contribution < 1.29 is 26.4 Å². The Bertz CT molecular complexity index is 1210. The van der Waals surface area contributed by atoms with Crippen molar-refractivity contribution in [2.75, 3.05) is 19.8 Å². The molecule has 1 fully saturated rings. The Labute approximate surface area is 166 Å². The molecule has 0 aliphatic carbocycles. The predicted octanol–water partition coefficient (Wildman–Crippen LogP) is 3.50. The van der Waals surface area contributed by atoms with E-state index in [0.717, 1.165) is 17.0 Å². The molecule has 8 heteroatoms. The first kappa shape index (κ1) is 18.7. The number of nitrogens with one attached hydrogen (secondary N) is 1. The number of halogens is 2. The van der Waals surface area contributed by atoms with Gasteiger partial charge in [0.2, 0.25) is 9.84 Å². The molecule has 0 amide bonds. The molecule has 1 N–H and O–H groups in total. The Balaban J connectivity index is 1.64. The van der Waals surface area contributed by atoms with E-state index in [0.29, 0.717) is 37.3 Å². The summed E-state index contributed by atoms with van der Waals surface area (Å²) < 4.78 is 65.6. The van der Waals surface area contributed by atoms with E-state index >= 15 is 0 Å². The number of hydrogen-bond acceptors (Lipinski definition) is 5. The molecule has 2 atom stereocenters. The number of ether oxygens (including phenoxy) is 1. The summed E-state index contributed by atoms with van der Waals surface area (Å²) in [6, 6.07) is 9.50. The lowest BCUT2D eigenvalue weighted by molar-refractivity contribution is -0.0438. The fraction of sp³-hybridized carbons (Fsp3) is 0.333. The third kappa shape index (κ3) is 2.81. The van der Waals surface area contributed by atoms with Crippen molar-refractivity contribution in [2.45, 2.75) is 34.3 Å². The average molecular weight is 419 g/mol. The zero-order valence-corrected chi connectivity index (χ0v) is 16.3. The van der Waals surface area contributed by atoms with Gasteiger partial charge in [0.1, 0.15) is 28.9 Å². The Morgan fingerprint density at radius 2 is 1.97 bits per heavy atom. The van der Waals surface area contributed by atoms with Crippen molar-refractivity contribution in [1.82, 2.24) is 5.32 Å². The quantitative estimate of drug-likeness (QED) is 0.689. The number of rotatable bonds is 2. The molecule has 3 heterocycles. The van der Waals surface area contributed by atoms with Gasteiger partial charge in [-0.1, -0.05) is 6.07 Å². The van der Waals surface area contributed by atoms with Crippen LogP contribution in [0.25, 0.3) is 11.0 Å². The first-order valence-electron chi connectivity index (χ1n) is 9.45. The predicted molar refractivity (Wildman–Crippen MR) is 102 cm³/mol. The lowest BCUT2D eigenvalue weighted by Crippen LogP contribution is -2.57. The van der Waals surface area contributed by atoms with Crippen LogP contribution in [0.15, 0.2) is 56.7 Å². The molecule has 1 spiro atoms. The van der Waals surface area contributed by atoms with Crippen LogP contribution in [-0.4, -0.2) is 34.3 Å². The minimum absolute atomic E-state index is 0.00693. The fourth-order valence-corrected chi connectivity index (χ4v) is 5.65. The summed E-state index contributed by atoms with van der Waals surface area (Å²) in [6.45, 7) is 1.01. The molecule has 2 unspecified atom stereocenters. The Kier molecular flexibility index (Phi) is 4.27. The number of furan rings is 1. The highest BCUT2D eigenvalue weighted by molar-refractivity contribution is 7.91. The smallest absolute Gasteiger partial charge is 0.206 e. The minimum atomic E-state index is -3.91. The van der Waals surface area contributed by atoms with Crippen LogP contribution in [-0.2, 0) is 26.5 Å². The van der Waals surface area contributed by atoms with Gasteiger partial charge < -0.3 is 14.5 Å². The van der Waals surface area contributed by atoms with Gasteiger partial charge in [0, 0.05) is 30.2 Å². The van der Waals surface area contributed by atoms with Crippen molar-refractivity contribution >= 4 is 20.8 Å². The first-order chi connectivity index (χ1) is 13.9. The summed E-state index contributed by atoms with van der Waals surface area (Å²) in [7, 11) is -3.91. The summed E-state index contributed by atoms with van der Waals surface area (Å²) in [5.74, 6) is -0.100. The molecule has 3 aromatic rings. The molecule has 1 aromatic heterocycles. The summed E-state index contributed by atoms with van der Waals surface area (Å²) in [5, 5.41) is 4.05. The molecule has 5 nitrogen and oxygen atoms in total. The maximum absolute atomic E-state index is 14.9. The van der Waals surface area contributed by atoms with Gasteiger partial charge in [-0.2, -0.15) is 0 Å². The molecule has 2 aromatic carbocycles. The molecule has 2 aliphatic rings. The van der Waals surface area contributed by atoms with Gasteiger partial charge in [-0.05, 0) is 43.2 Å². The van der Waals surface area contributed by atoms with E-state index in [1.807, 2.05) is 0 Å². The lowest BCUT2D eigenvalue weighted by Gasteiger charge is -2.42. The van der Waals surface area contributed by atoms with E-state index < -0.39 is 27.4 Å². The van der Waals surface area contributed by atoms with Gasteiger partial charge >= 0.3 is 0 Å². The summed E-state index contributed by atoms with van der Waals surface area (Å²) in [5.41, 5.74) is 0.333. The molecule has 1 saturated heterocycles. The van der Waals surface area contributed by atoms with Crippen molar-refractivity contribution in [3.8, 4) is 0 Å². The van der Waals surface area contributed by atoms with Crippen molar-refractivity contribution in [1.29, 1.82) is 0 Å². The number of sulfone groups is 1. The largest absolute Gasteiger partial charge is 0.459 e. The van der Waals surface area contributed by atoms with Crippen molar-refractivity contribution in [3.05, 3.63) is 59.6 Å².